The number of benzene rings is 4. The van der Waals surface area contributed by atoms with E-state index in [-0.39, 0.29) is 5.92 Å². The number of rotatable bonds is 7. The lowest BCUT2D eigenvalue weighted by molar-refractivity contribution is -0.105. The van der Waals surface area contributed by atoms with Crippen molar-refractivity contribution in [2.24, 2.45) is 9.98 Å². The fraction of sp³-hybridized carbons (Fsp3) is 0.206. The quantitative estimate of drug-likeness (QED) is 0.192. The smallest absolute Gasteiger partial charge is 0.211 e. The van der Waals surface area contributed by atoms with E-state index in [0.717, 1.165) is 42.4 Å². The second-order valence-electron chi connectivity index (χ2n) is 10.1. The normalized spacial score (nSPS) is 14.5. The van der Waals surface area contributed by atoms with Gasteiger partial charge in [0.05, 0.1) is 0 Å². The van der Waals surface area contributed by atoms with Crippen LogP contribution in [0.4, 0.5) is 11.4 Å². The van der Waals surface area contributed by atoms with Gasteiger partial charge >= 0.3 is 0 Å². The molecule has 2 aliphatic heterocycles. The highest BCUT2D eigenvalue weighted by molar-refractivity contribution is 7.17. The van der Waals surface area contributed by atoms with E-state index in [2.05, 4.69) is 117 Å². The molecule has 4 aromatic rings. The highest BCUT2D eigenvalue weighted by Crippen LogP contribution is 2.34. The van der Waals surface area contributed by atoms with Gasteiger partial charge in [-0.25, -0.2) is 0 Å². The van der Waals surface area contributed by atoms with Crippen molar-refractivity contribution < 1.29 is 4.79 Å². The van der Waals surface area contributed by atoms with Gasteiger partial charge in [0.1, 0.15) is 0 Å². The van der Waals surface area contributed by atoms with Gasteiger partial charge in [0.15, 0.2) is 0 Å². The van der Waals surface area contributed by atoms with E-state index >= 15 is 0 Å². The molecule has 0 fully saturated rings. The van der Waals surface area contributed by atoms with Crippen LogP contribution >= 0.6 is 0 Å². The zero-order chi connectivity index (χ0) is 29.9. The second kappa shape index (κ2) is 15.1. The predicted octanol–water partition coefficient (Wildman–Crippen LogP) is 7.07. The number of anilines is 2. The monoisotopic (exact) mass is 547 g/mol. The Hall–Kier alpha value is -4.32. The molecule has 5 radical (unpaired) electrons. The van der Waals surface area contributed by atoms with Gasteiger partial charge in [0.25, 0.3) is 0 Å². The summed E-state index contributed by atoms with van der Waals surface area (Å²) < 4.78 is 0. The molecule has 205 valence electrons. The summed E-state index contributed by atoms with van der Waals surface area (Å²) >= 11 is 0. The van der Waals surface area contributed by atoms with Crippen LogP contribution in [-0.2, 0) is 4.79 Å². The first-order valence-electron chi connectivity index (χ1n) is 14.1. The van der Waals surface area contributed by atoms with Gasteiger partial charge < -0.3 is 10.6 Å². The molecule has 0 aromatic heterocycles. The van der Waals surface area contributed by atoms with Crippen LogP contribution < -0.4 is 10.6 Å². The number of allylic oxidation sites excluding steroid dienone is 4. The van der Waals surface area contributed by atoms with Crippen LogP contribution in [0, 0.1) is 0 Å². The number of aliphatic imine (C=N–C) groups is 2. The van der Waals surface area contributed by atoms with Crippen LogP contribution in [0.15, 0.2) is 106 Å². The lowest BCUT2D eigenvalue weighted by atomic mass is 9.40. The molecule has 4 aromatic carbocycles. The molecular weight excluding hydrogens is 513 g/mol. The number of nitrogens with zero attached hydrogens (tertiary/aromatic N) is 2. The predicted molar refractivity (Wildman–Crippen MR) is 184 cm³/mol. The molecule has 2 atom stereocenters. The number of amides is 1. The maximum atomic E-state index is 10.6. The molecule has 5 nitrogen and oxygen atoms in total. The van der Waals surface area contributed by atoms with Gasteiger partial charge in [-0.1, -0.05) is 74.5 Å². The maximum absolute atomic E-state index is 10.6. The van der Waals surface area contributed by atoms with Crippen molar-refractivity contribution in [1.82, 2.24) is 0 Å². The first kappa shape index (κ1) is 30.6. The molecule has 0 bridgehead atoms. The van der Waals surface area contributed by atoms with E-state index < -0.39 is 0 Å². The Balaban J connectivity index is 0.000000177. The van der Waals surface area contributed by atoms with Gasteiger partial charge in [-0.15, -0.1) is 0 Å². The van der Waals surface area contributed by atoms with E-state index in [1.807, 2.05) is 37.7 Å². The lowest BCUT2D eigenvalue weighted by Crippen LogP contribution is -1.98. The minimum atomic E-state index is 0.254. The minimum Gasteiger partial charge on any atom is -0.388 e. The summed E-state index contributed by atoms with van der Waals surface area (Å²) in [5, 5.41) is 10.9. The summed E-state index contributed by atoms with van der Waals surface area (Å²) in [5.41, 5.74) is 6.85. The number of fused-ring (bicyclic) bond motifs is 2. The number of hydrogen-bond donors (Lipinski definition) is 2. The highest BCUT2D eigenvalue weighted by Gasteiger charge is 2.16. The summed E-state index contributed by atoms with van der Waals surface area (Å²) in [6.45, 7) is 4.40. The Morgan fingerprint density at radius 3 is 1.67 bits per heavy atom. The average Bonchev–Trinajstić information content (AvgIpc) is 3.76. The molecule has 8 heteroatoms. The Kier molecular flexibility index (Phi) is 11.0. The van der Waals surface area contributed by atoms with E-state index in [1.165, 1.54) is 33.0 Å². The molecule has 2 unspecified atom stereocenters. The number of carbonyl (C=O) groups excluding carboxylic acids is 1. The summed E-state index contributed by atoms with van der Waals surface area (Å²) in [4.78, 5) is 19.5. The van der Waals surface area contributed by atoms with Crippen molar-refractivity contribution in [2.45, 2.75) is 38.5 Å². The van der Waals surface area contributed by atoms with E-state index in [1.54, 1.807) is 0 Å². The molecule has 0 saturated heterocycles. The fourth-order valence-corrected chi connectivity index (χ4v) is 5.33. The van der Waals surface area contributed by atoms with Crippen molar-refractivity contribution in [3.63, 3.8) is 0 Å². The Morgan fingerprint density at radius 2 is 1.24 bits per heavy atom. The van der Waals surface area contributed by atoms with Gasteiger partial charge in [0, 0.05) is 89.5 Å². The van der Waals surface area contributed by atoms with E-state index in [9.17, 15) is 4.79 Å². The third-order valence-electron chi connectivity index (χ3n) is 7.51. The summed E-state index contributed by atoms with van der Waals surface area (Å²) in [5.74, 6) is 0.596. The van der Waals surface area contributed by atoms with Crippen molar-refractivity contribution in [3.05, 3.63) is 107 Å². The Labute approximate surface area is 252 Å². The van der Waals surface area contributed by atoms with Crippen LogP contribution in [0.25, 0.3) is 21.5 Å². The van der Waals surface area contributed by atoms with E-state index in [4.69, 9.17) is 0 Å². The van der Waals surface area contributed by atoms with Crippen LogP contribution in [0.2, 0.25) is 0 Å². The summed E-state index contributed by atoms with van der Waals surface area (Å²) in [6.07, 6.45) is 10.9. The molecule has 2 aliphatic rings. The molecule has 1 amide bonds. The van der Waals surface area contributed by atoms with Crippen LogP contribution in [0.5, 0.6) is 0 Å². The lowest BCUT2D eigenvalue weighted by Gasteiger charge is -2.15. The van der Waals surface area contributed by atoms with Crippen molar-refractivity contribution >= 4 is 74.3 Å². The fourth-order valence-electron chi connectivity index (χ4n) is 5.33. The molecule has 0 aliphatic carbocycles. The molecule has 2 heterocycles. The third-order valence-corrected chi connectivity index (χ3v) is 7.51. The third kappa shape index (κ3) is 7.30. The topological polar surface area (TPSA) is 65.8 Å². The van der Waals surface area contributed by atoms with Crippen LogP contribution in [0.3, 0.4) is 0 Å². The number of carbonyl (C=O) groups is 1. The molecule has 0 spiro atoms. The molecule has 2 N–H and O–H groups in total. The zero-order valence-corrected chi connectivity index (χ0v) is 24.4. The first-order valence-corrected chi connectivity index (χ1v) is 14.1. The SMILES string of the molecule is CC(C1=CCC=N1)c1cccc2ccc(NC=O)cc12.CNc1ccc2cccc(C(C)C3=CCC=N3)c2c1.[B][B][B]. The highest BCUT2D eigenvalue weighted by atomic mass is 16.1. The van der Waals surface area contributed by atoms with Crippen molar-refractivity contribution in [1.29, 1.82) is 0 Å². The standard InChI is InChI=1S/C17H16N2O.C17H18N2.B3/c1-12(17-6-3-9-18-17)15-5-2-4-13-7-8-14(19-11-20)10-16(13)15;1-12(17-7-4-10-19-17)15-6-3-5-13-8-9-14(18-2)11-16(13)15;1-3-2/h2,4-12H,3H2,1H3,(H,19,20);3,5-12,18H,4H2,1-2H3;. The minimum absolute atomic E-state index is 0.254. The summed E-state index contributed by atoms with van der Waals surface area (Å²) in [7, 11) is 12.0. The Morgan fingerprint density at radius 1 is 0.762 bits per heavy atom. The van der Waals surface area contributed by atoms with Gasteiger partial charge in [0.2, 0.25) is 6.41 Å². The molecular formula is C34H34B3N4O. The van der Waals surface area contributed by atoms with Crippen molar-refractivity contribution in [3.8, 4) is 0 Å². The van der Waals surface area contributed by atoms with Crippen LogP contribution in [0.1, 0.15) is 49.7 Å². The molecule has 6 rings (SSSR count). The average molecular weight is 547 g/mol. The zero-order valence-electron chi connectivity index (χ0n) is 24.4. The molecule has 0 saturated carbocycles. The molecule has 42 heavy (non-hydrogen) atoms. The van der Waals surface area contributed by atoms with Gasteiger partial charge in [-0.3, -0.25) is 14.8 Å². The van der Waals surface area contributed by atoms with E-state index in [0.29, 0.717) is 12.3 Å². The number of hydrogen-bond acceptors (Lipinski definition) is 4. The largest absolute Gasteiger partial charge is 0.388 e. The first-order chi connectivity index (χ1) is 20.5. The maximum Gasteiger partial charge on any atom is 0.211 e. The van der Waals surface area contributed by atoms with Crippen molar-refractivity contribution in [2.75, 3.05) is 17.7 Å². The number of nitrogens with one attached hydrogen (secondary N) is 2. The second-order valence-corrected chi connectivity index (χ2v) is 10.1. The van der Waals surface area contributed by atoms with Gasteiger partial charge in [-0.05, 0) is 56.9 Å². The van der Waals surface area contributed by atoms with Gasteiger partial charge in [-0.2, -0.15) is 0 Å². The van der Waals surface area contributed by atoms with Crippen LogP contribution in [-0.4, -0.2) is 48.4 Å². The summed E-state index contributed by atoms with van der Waals surface area (Å²) in [6, 6.07) is 25.3. The Bertz CT molecular complexity index is 1660.